The molecule has 2 rings (SSSR count). The van der Waals surface area contributed by atoms with Crippen molar-refractivity contribution >= 4 is 6.03 Å². The first-order valence-corrected chi connectivity index (χ1v) is 5.78. The summed E-state index contributed by atoms with van der Waals surface area (Å²) in [5, 5.41) is 3.02. The van der Waals surface area contributed by atoms with Gasteiger partial charge in [-0.1, -0.05) is 6.92 Å². The summed E-state index contributed by atoms with van der Waals surface area (Å²) in [4.78, 5) is 13.6. The lowest BCUT2D eigenvalue weighted by molar-refractivity contribution is 0.173. The smallest absolute Gasteiger partial charge is 0.317 e. The number of hydrogen-bond acceptors (Lipinski definition) is 1. The SMILES string of the molecule is CC1CCN(C(=O)NCC2CC2)CC1. The number of rotatable bonds is 2. The van der Waals surface area contributed by atoms with Crippen LogP contribution in [0.15, 0.2) is 0 Å². The molecular weight excluding hydrogens is 176 g/mol. The molecule has 1 heterocycles. The van der Waals surface area contributed by atoms with Gasteiger partial charge in [-0.15, -0.1) is 0 Å². The fourth-order valence-corrected chi connectivity index (χ4v) is 1.88. The molecule has 0 aromatic heterocycles. The zero-order chi connectivity index (χ0) is 9.97. The molecule has 80 valence electrons. The molecule has 1 saturated heterocycles. The van der Waals surface area contributed by atoms with Gasteiger partial charge in [-0.05, 0) is 37.5 Å². The van der Waals surface area contributed by atoms with Gasteiger partial charge in [-0.2, -0.15) is 0 Å². The summed E-state index contributed by atoms with van der Waals surface area (Å²) < 4.78 is 0. The molecule has 2 amide bonds. The van der Waals surface area contributed by atoms with Crippen molar-refractivity contribution in [3.05, 3.63) is 0 Å². The van der Waals surface area contributed by atoms with E-state index in [1.807, 2.05) is 4.90 Å². The van der Waals surface area contributed by atoms with Crippen molar-refractivity contribution in [2.75, 3.05) is 19.6 Å². The third kappa shape index (κ3) is 2.63. The predicted octanol–water partition coefficient (Wildman–Crippen LogP) is 1.84. The number of urea groups is 1. The molecule has 3 heteroatoms. The minimum atomic E-state index is 0.156. The summed E-state index contributed by atoms with van der Waals surface area (Å²) in [5.41, 5.74) is 0. The molecule has 0 aromatic carbocycles. The van der Waals surface area contributed by atoms with Crippen LogP contribution in [-0.4, -0.2) is 30.6 Å². The number of carbonyl (C=O) groups excluding carboxylic acids is 1. The highest BCUT2D eigenvalue weighted by Crippen LogP contribution is 2.27. The second kappa shape index (κ2) is 4.20. The van der Waals surface area contributed by atoms with Crippen LogP contribution < -0.4 is 5.32 Å². The molecule has 14 heavy (non-hydrogen) atoms. The van der Waals surface area contributed by atoms with Gasteiger partial charge in [-0.3, -0.25) is 0 Å². The van der Waals surface area contributed by atoms with Crippen molar-refractivity contribution in [2.45, 2.75) is 32.6 Å². The summed E-state index contributed by atoms with van der Waals surface area (Å²) in [7, 11) is 0. The van der Waals surface area contributed by atoms with E-state index in [0.29, 0.717) is 0 Å². The number of amides is 2. The average molecular weight is 196 g/mol. The number of carbonyl (C=O) groups is 1. The Kier molecular flexibility index (Phi) is 2.94. The molecule has 2 aliphatic rings. The zero-order valence-electron chi connectivity index (χ0n) is 8.96. The third-order valence-corrected chi connectivity index (χ3v) is 3.31. The standard InChI is InChI=1S/C11H20N2O/c1-9-4-6-13(7-5-9)11(14)12-8-10-2-3-10/h9-10H,2-8H2,1H3,(H,12,14). The fourth-order valence-electron chi connectivity index (χ4n) is 1.88. The first kappa shape index (κ1) is 9.81. The average Bonchev–Trinajstić information content (AvgIpc) is 2.99. The molecular formula is C11H20N2O. The topological polar surface area (TPSA) is 32.3 Å². The Morgan fingerprint density at radius 3 is 2.50 bits per heavy atom. The molecule has 0 unspecified atom stereocenters. The van der Waals surface area contributed by atoms with Gasteiger partial charge < -0.3 is 10.2 Å². The lowest BCUT2D eigenvalue weighted by Crippen LogP contribution is -2.44. The predicted molar refractivity (Wildman–Crippen MR) is 56.1 cm³/mol. The van der Waals surface area contributed by atoms with Crippen LogP contribution in [0.5, 0.6) is 0 Å². The summed E-state index contributed by atoms with van der Waals surface area (Å²) >= 11 is 0. The molecule has 0 aromatic rings. The zero-order valence-corrected chi connectivity index (χ0v) is 8.96. The van der Waals surface area contributed by atoms with Crippen molar-refractivity contribution in [3.63, 3.8) is 0 Å². The van der Waals surface area contributed by atoms with E-state index in [0.717, 1.165) is 44.3 Å². The minimum Gasteiger partial charge on any atom is -0.338 e. The van der Waals surface area contributed by atoms with Gasteiger partial charge in [-0.25, -0.2) is 4.79 Å². The molecule has 1 saturated carbocycles. The van der Waals surface area contributed by atoms with Gasteiger partial charge in [0, 0.05) is 19.6 Å². The largest absolute Gasteiger partial charge is 0.338 e. The molecule has 0 bridgehead atoms. The Hall–Kier alpha value is -0.730. The van der Waals surface area contributed by atoms with Crippen molar-refractivity contribution in [1.29, 1.82) is 0 Å². The molecule has 2 fully saturated rings. The molecule has 0 radical (unpaired) electrons. The molecule has 0 atom stereocenters. The van der Waals surface area contributed by atoms with Crippen molar-refractivity contribution in [2.24, 2.45) is 11.8 Å². The van der Waals surface area contributed by atoms with E-state index in [1.165, 1.54) is 12.8 Å². The maximum Gasteiger partial charge on any atom is 0.317 e. The van der Waals surface area contributed by atoms with E-state index in [2.05, 4.69) is 12.2 Å². The number of nitrogens with one attached hydrogen (secondary N) is 1. The summed E-state index contributed by atoms with van der Waals surface area (Å²) in [6.45, 7) is 5.04. The van der Waals surface area contributed by atoms with Crippen molar-refractivity contribution in [3.8, 4) is 0 Å². The second-order valence-corrected chi connectivity index (χ2v) is 4.80. The van der Waals surface area contributed by atoms with E-state index in [9.17, 15) is 4.79 Å². The first-order chi connectivity index (χ1) is 6.75. The summed E-state index contributed by atoms with van der Waals surface area (Å²) in [6.07, 6.45) is 4.93. The maximum atomic E-state index is 11.7. The van der Waals surface area contributed by atoms with Gasteiger partial charge in [0.15, 0.2) is 0 Å². The van der Waals surface area contributed by atoms with Gasteiger partial charge in [0.25, 0.3) is 0 Å². The van der Waals surface area contributed by atoms with Gasteiger partial charge in [0.1, 0.15) is 0 Å². The van der Waals surface area contributed by atoms with Crippen LogP contribution in [0, 0.1) is 11.8 Å². The number of nitrogens with zero attached hydrogens (tertiary/aromatic N) is 1. The Labute approximate surface area is 85.8 Å². The third-order valence-electron chi connectivity index (χ3n) is 3.31. The minimum absolute atomic E-state index is 0.156. The second-order valence-electron chi connectivity index (χ2n) is 4.80. The number of piperidine rings is 1. The van der Waals surface area contributed by atoms with Gasteiger partial charge >= 0.3 is 6.03 Å². The van der Waals surface area contributed by atoms with Crippen LogP contribution in [0.3, 0.4) is 0 Å². The molecule has 1 aliphatic heterocycles. The fraction of sp³-hybridized carbons (Fsp3) is 0.909. The van der Waals surface area contributed by atoms with E-state index < -0.39 is 0 Å². The van der Waals surface area contributed by atoms with Crippen LogP contribution in [-0.2, 0) is 0 Å². The highest BCUT2D eigenvalue weighted by atomic mass is 16.2. The summed E-state index contributed by atoms with van der Waals surface area (Å²) in [6, 6.07) is 0.156. The van der Waals surface area contributed by atoms with Crippen LogP contribution >= 0.6 is 0 Å². The molecule has 1 aliphatic carbocycles. The van der Waals surface area contributed by atoms with Gasteiger partial charge in [0.05, 0.1) is 0 Å². The Bertz CT molecular complexity index is 205. The lowest BCUT2D eigenvalue weighted by Gasteiger charge is -2.30. The first-order valence-electron chi connectivity index (χ1n) is 5.78. The van der Waals surface area contributed by atoms with Crippen LogP contribution in [0.25, 0.3) is 0 Å². The number of likely N-dealkylation sites (tertiary alicyclic amines) is 1. The monoisotopic (exact) mass is 196 g/mol. The van der Waals surface area contributed by atoms with E-state index in [-0.39, 0.29) is 6.03 Å². The highest BCUT2D eigenvalue weighted by molar-refractivity contribution is 5.74. The normalized spacial score (nSPS) is 23.6. The molecule has 0 spiro atoms. The lowest BCUT2D eigenvalue weighted by atomic mass is 10.00. The highest BCUT2D eigenvalue weighted by Gasteiger charge is 2.24. The Morgan fingerprint density at radius 1 is 1.29 bits per heavy atom. The van der Waals surface area contributed by atoms with Crippen LogP contribution in [0.4, 0.5) is 4.79 Å². The quantitative estimate of drug-likeness (QED) is 0.718. The Balaban J connectivity index is 1.68. The van der Waals surface area contributed by atoms with Crippen LogP contribution in [0.2, 0.25) is 0 Å². The van der Waals surface area contributed by atoms with E-state index in [4.69, 9.17) is 0 Å². The van der Waals surface area contributed by atoms with E-state index in [1.54, 1.807) is 0 Å². The molecule has 1 N–H and O–H groups in total. The van der Waals surface area contributed by atoms with Crippen molar-refractivity contribution < 1.29 is 4.79 Å². The molecule has 3 nitrogen and oxygen atoms in total. The van der Waals surface area contributed by atoms with E-state index >= 15 is 0 Å². The summed E-state index contributed by atoms with van der Waals surface area (Å²) in [5.74, 6) is 1.57. The maximum absolute atomic E-state index is 11.7. The Morgan fingerprint density at radius 2 is 1.93 bits per heavy atom. The van der Waals surface area contributed by atoms with Crippen molar-refractivity contribution in [1.82, 2.24) is 10.2 Å². The van der Waals surface area contributed by atoms with Crippen LogP contribution in [0.1, 0.15) is 32.6 Å². The van der Waals surface area contributed by atoms with Gasteiger partial charge in [0.2, 0.25) is 0 Å². The number of hydrogen-bond donors (Lipinski definition) is 1.